The third kappa shape index (κ3) is 3.61. The lowest BCUT2D eigenvalue weighted by atomic mass is 10.2. The maximum absolute atomic E-state index is 8.39. The van der Waals surface area contributed by atoms with Gasteiger partial charge >= 0.3 is 0 Å². The quantitative estimate of drug-likeness (QED) is 0.807. The number of hydrogen-bond donors (Lipinski definition) is 2. The number of nitrogens with one attached hydrogen (secondary N) is 2. The summed E-state index contributed by atoms with van der Waals surface area (Å²) in [6.07, 6.45) is 3.54. The lowest BCUT2D eigenvalue weighted by Gasteiger charge is -2.05. The molecule has 0 spiro atoms. The summed E-state index contributed by atoms with van der Waals surface area (Å²) in [6, 6.07) is 9.61. The number of imidazole rings is 1. The van der Waals surface area contributed by atoms with Crippen LogP contribution in [0.25, 0.3) is 0 Å². The second-order valence-electron chi connectivity index (χ2n) is 3.73. The Hall–Kier alpha value is -2.32. The Morgan fingerprint density at radius 1 is 1.28 bits per heavy atom. The van der Waals surface area contributed by atoms with E-state index in [1.165, 1.54) is 0 Å². The molecule has 5 heteroatoms. The molecule has 0 fully saturated rings. The number of benzene rings is 1. The molecular formula is C13H14N4O. The van der Waals surface area contributed by atoms with Gasteiger partial charge in [-0.05, 0) is 17.7 Å². The number of hydrogen-bond acceptors (Lipinski definition) is 4. The van der Waals surface area contributed by atoms with Crippen LogP contribution in [0.3, 0.4) is 0 Å². The molecule has 2 aromatic rings. The maximum atomic E-state index is 8.39. The van der Waals surface area contributed by atoms with E-state index in [9.17, 15) is 0 Å². The molecule has 2 N–H and O–H groups in total. The van der Waals surface area contributed by atoms with Gasteiger partial charge in [0, 0.05) is 18.9 Å². The summed E-state index contributed by atoms with van der Waals surface area (Å²) in [5.74, 6) is 1.63. The Morgan fingerprint density at radius 2 is 2.11 bits per heavy atom. The van der Waals surface area contributed by atoms with Gasteiger partial charge in [0.15, 0.2) is 6.61 Å². The normalized spacial score (nSPS) is 9.94. The van der Waals surface area contributed by atoms with Crippen LogP contribution in [-0.2, 0) is 13.1 Å². The van der Waals surface area contributed by atoms with Gasteiger partial charge in [-0.1, -0.05) is 12.1 Å². The zero-order chi connectivity index (χ0) is 12.6. The van der Waals surface area contributed by atoms with Crippen molar-refractivity contribution in [1.29, 1.82) is 5.26 Å². The van der Waals surface area contributed by atoms with Gasteiger partial charge in [-0.3, -0.25) is 0 Å². The largest absolute Gasteiger partial charge is 0.479 e. The van der Waals surface area contributed by atoms with Gasteiger partial charge in [0.2, 0.25) is 0 Å². The van der Waals surface area contributed by atoms with Crippen LogP contribution in [0.5, 0.6) is 5.75 Å². The van der Waals surface area contributed by atoms with Crippen molar-refractivity contribution >= 4 is 0 Å². The van der Waals surface area contributed by atoms with Crippen LogP contribution < -0.4 is 10.1 Å². The molecular weight excluding hydrogens is 228 g/mol. The van der Waals surface area contributed by atoms with E-state index in [0.717, 1.165) is 17.9 Å². The van der Waals surface area contributed by atoms with E-state index in [1.54, 1.807) is 12.4 Å². The summed E-state index contributed by atoms with van der Waals surface area (Å²) in [5, 5.41) is 11.7. The molecule has 0 saturated heterocycles. The summed E-state index contributed by atoms with van der Waals surface area (Å²) in [4.78, 5) is 7.16. The molecule has 18 heavy (non-hydrogen) atoms. The molecule has 0 aliphatic carbocycles. The molecule has 1 aromatic carbocycles. The summed E-state index contributed by atoms with van der Waals surface area (Å²) in [7, 11) is 0. The van der Waals surface area contributed by atoms with Crippen LogP contribution in [0.2, 0.25) is 0 Å². The highest BCUT2D eigenvalue weighted by atomic mass is 16.5. The van der Waals surface area contributed by atoms with E-state index in [2.05, 4.69) is 15.3 Å². The van der Waals surface area contributed by atoms with E-state index in [1.807, 2.05) is 30.3 Å². The van der Waals surface area contributed by atoms with Crippen LogP contribution in [0, 0.1) is 11.3 Å². The van der Waals surface area contributed by atoms with Crippen LogP contribution in [-0.4, -0.2) is 16.6 Å². The van der Waals surface area contributed by atoms with E-state index in [-0.39, 0.29) is 6.61 Å². The minimum absolute atomic E-state index is 0.0795. The average molecular weight is 242 g/mol. The monoisotopic (exact) mass is 242 g/mol. The number of nitrogens with zero attached hydrogens (tertiary/aromatic N) is 2. The molecule has 0 bridgehead atoms. The van der Waals surface area contributed by atoms with Crippen molar-refractivity contribution in [3.8, 4) is 11.8 Å². The van der Waals surface area contributed by atoms with Crippen molar-refractivity contribution in [2.45, 2.75) is 13.1 Å². The van der Waals surface area contributed by atoms with Crippen LogP contribution >= 0.6 is 0 Å². The molecule has 2 rings (SSSR count). The predicted molar refractivity (Wildman–Crippen MR) is 66.7 cm³/mol. The number of ether oxygens (including phenoxy) is 1. The zero-order valence-electron chi connectivity index (χ0n) is 9.89. The number of nitriles is 1. The standard InChI is InChI=1S/C13H14N4O/c14-5-8-18-12-3-1-11(2-4-12)9-15-10-13-16-6-7-17-13/h1-4,6-7,15H,8-10H2,(H,16,17). The second-order valence-corrected chi connectivity index (χ2v) is 3.73. The Morgan fingerprint density at radius 3 is 2.78 bits per heavy atom. The van der Waals surface area contributed by atoms with E-state index >= 15 is 0 Å². The van der Waals surface area contributed by atoms with Gasteiger partial charge < -0.3 is 15.0 Å². The van der Waals surface area contributed by atoms with Gasteiger partial charge in [-0.2, -0.15) is 5.26 Å². The van der Waals surface area contributed by atoms with Gasteiger partial charge in [-0.15, -0.1) is 0 Å². The number of aromatic amines is 1. The SMILES string of the molecule is N#CCOc1ccc(CNCc2ncc[nH]2)cc1. The first kappa shape index (κ1) is 12.1. The smallest absolute Gasteiger partial charge is 0.174 e. The zero-order valence-corrected chi connectivity index (χ0v) is 9.89. The van der Waals surface area contributed by atoms with Gasteiger partial charge in [0.1, 0.15) is 17.6 Å². The fourth-order valence-electron chi connectivity index (χ4n) is 1.54. The summed E-state index contributed by atoms with van der Waals surface area (Å²) < 4.78 is 5.18. The van der Waals surface area contributed by atoms with Crippen LogP contribution in [0.1, 0.15) is 11.4 Å². The molecule has 92 valence electrons. The molecule has 0 radical (unpaired) electrons. The van der Waals surface area contributed by atoms with Crippen molar-refractivity contribution in [2.75, 3.05) is 6.61 Å². The first-order valence-corrected chi connectivity index (χ1v) is 5.66. The first-order valence-electron chi connectivity index (χ1n) is 5.66. The molecule has 0 aliphatic rings. The van der Waals surface area contributed by atoms with E-state index in [0.29, 0.717) is 12.3 Å². The lowest BCUT2D eigenvalue weighted by molar-refractivity contribution is 0.368. The average Bonchev–Trinajstić information content (AvgIpc) is 2.91. The van der Waals surface area contributed by atoms with E-state index in [4.69, 9.17) is 10.00 Å². The molecule has 1 heterocycles. The Balaban J connectivity index is 1.78. The fourth-order valence-corrected chi connectivity index (χ4v) is 1.54. The highest BCUT2D eigenvalue weighted by Crippen LogP contribution is 2.11. The number of H-pyrrole nitrogens is 1. The minimum Gasteiger partial charge on any atom is -0.479 e. The Labute approximate surface area is 105 Å². The van der Waals surface area contributed by atoms with Crippen molar-refractivity contribution < 1.29 is 4.74 Å². The highest BCUT2D eigenvalue weighted by Gasteiger charge is 1.97. The van der Waals surface area contributed by atoms with Gasteiger partial charge in [-0.25, -0.2) is 4.98 Å². The topological polar surface area (TPSA) is 73.7 Å². The van der Waals surface area contributed by atoms with Gasteiger partial charge in [0.05, 0.1) is 6.54 Å². The fraction of sp³-hybridized carbons (Fsp3) is 0.231. The molecule has 0 amide bonds. The summed E-state index contributed by atoms with van der Waals surface area (Å²) >= 11 is 0. The highest BCUT2D eigenvalue weighted by molar-refractivity contribution is 5.27. The molecule has 1 aromatic heterocycles. The Kier molecular flexibility index (Phi) is 4.33. The van der Waals surface area contributed by atoms with Crippen molar-refractivity contribution in [3.05, 3.63) is 48.0 Å². The number of rotatable bonds is 6. The second kappa shape index (κ2) is 6.42. The lowest BCUT2D eigenvalue weighted by Crippen LogP contribution is -2.13. The van der Waals surface area contributed by atoms with Gasteiger partial charge in [0.25, 0.3) is 0 Å². The van der Waals surface area contributed by atoms with Crippen LogP contribution in [0.15, 0.2) is 36.7 Å². The summed E-state index contributed by atoms with van der Waals surface area (Å²) in [5.41, 5.74) is 1.16. The molecule has 0 atom stereocenters. The van der Waals surface area contributed by atoms with Crippen molar-refractivity contribution in [1.82, 2.24) is 15.3 Å². The number of aromatic nitrogens is 2. The first-order chi connectivity index (χ1) is 8.88. The summed E-state index contributed by atoms with van der Waals surface area (Å²) in [6.45, 7) is 1.55. The third-order valence-electron chi connectivity index (χ3n) is 2.40. The third-order valence-corrected chi connectivity index (χ3v) is 2.40. The minimum atomic E-state index is 0.0795. The van der Waals surface area contributed by atoms with Crippen molar-refractivity contribution in [3.63, 3.8) is 0 Å². The van der Waals surface area contributed by atoms with Crippen molar-refractivity contribution in [2.24, 2.45) is 0 Å². The predicted octanol–water partition coefficient (Wildman–Crippen LogP) is 1.60. The molecule has 0 unspecified atom stereocenters. The van der Waals surface area contributed by atoms with Crippen LogP contribution in [0.4, 0.5) is 0 Å². The van der Waals surface area contributed by atoms with E-state index < -0.39 is 0 Å². The maximum Gasteiger partial charge on any atom is 0.174 e. The molecule has 5 nitrogen and oxygen atoms in total. The Bertz CT molecular complexity index is 499. The molecule has 0 saturated carbocycles. The molecule has 0 aliphatic heterocycles.